The van der Waals surface area contributed by atoms with Crippen LogP contribution in [0.15, 0.2) is 12.1 Å². The molecule has 0 radical (unpaired) electrons. The third kappa shape index (κ3) is 3.53. The van der Waals surface area contributed by atoms with Crippen LogP contribution in [-0.4, -0.2) is 19.2 Å². The Hall–Kier alpha value is -1.43. The van der Waals surface area contributed by atoms with Gasteiger partial charge in [0.2, 0.25) is 0 Å². The van der Waals surface area contributed by atoms with Crippen molar-refractivity contribution in [2.24, 2.45) is 0 Å². The number of rotatable bonds is 4. The van der Waals surface area contributed by atoms with Crippen LogP contribution >= 0.6 is 22.6 Å². The van der Waals surface area contributed by atoms with Crippen LogP contribution < -0.4 is 4.74 Å². The van der Waals surface area contributed by atoms with Gasteiger partial charge in [0.15, 0.2) is 0 Å². The maximum Gasteiger partial charge on any atom is 0.387 e. The third-order valence-corrected chi connectivity index (χ3v) is 2.74. The van der Waals surface area contributed by atoms with Gasteiger partial charge >= 0.3 is 12.6 Å². The molecule has 0 fully saturated rings. The second kappa shape index (κ2) is 6.49. The maximum atomic E-state index is 12.2. The molecule has 96 valence electrons. The zero-order chi connectivity index (χ0) is 13.7. The van der Waals surface area contributed by atoms with E-state index in [9.17, 15) is 13.6 Å². The molecule has 1 aromatic carbocycles. The number of ether oxygens (including phenoxy) is 2. The van der Waals surface area contributed by atoms with Crippen LogP contribution in [0.25, 0.3) is 0 Å². The number of nitriles is 1. The number of alkyl halides is 2. The number of hydrogen-bond acceptors (Lipinski definition) is 4. The summed E-state index contributed by atoms with van der Waals surface area (Å²) < 4.78 is 33.7. The highest BCUT2D eigenvalue weighted by atomic mass is 127. The lowest BCUT2D eigenvalue weighted by molar-refractivity contribution is -0.0501. The molecule has 0 spiro atoms. The molecule has 18 heavy (non-hydrogen) atoms. The van der Waals surface area contributed by atoms with E-state index in [0.29, 0.717) is 3.57 Å². The van der Waals surface area contributed by atoms with Gasteiger partial charge in [-0.3, -0.25) is 0 Å². The largest absolute Gasteiger partial charge is 0.462 e. The minimum absolute atomic E-state index is 0.0380. The molecule has 7 heteroatoms. The molecular formula is C11H8F2INO3. The molecule has 0 atom stereocenters. The molecule has 0 aliphatic carbocycles. The predicted octanol–water partition coefficient (Wildman–Crippen LogP) is 2.94. The Morgan fingerprint density at radius 2 is 2.22 bits per heavy atom. The molecule has 0 saturated heterocycles. The smallest absolute Gasteiger partial charge is 0.387 e. The molecule has 0 N–H and O–H groups in total. The van der Waals surface area contributed by atoms with E-state index in [4.69, 9.17) is 10.00 Å². The van der Waals surface area contributed by atoms with Crippen LogP contribution in [0.3, 0.4) is 0 Å². The zero-order valence-electron chi connectivity index (χ0n) is 9.25. The van der Waals surface area contributed by atoms with Crippen LogP contribution in [0, 0.1) is 14.9 Å². The zero-order valence-corrected chi connectivity index (χ0v) is 11.4. The predicted molar refractivity (Wildman–Crippen MR) is 66.5 cm³/mol. The van der Waals surface area contributed by atoms with Gasteiger partial charge in [-0.1, -0.05) is 0 Å². The Balaban J connectivity index is 3.22. The summed E-state index contributed by atoms with van der Waals surface area (Å²) in [6.45, 7) is -1.27. The van der Waals surface area contributed by atoms with E-state index in [0.717, 1.165) is 6.07 Å². The molecule has 0 saturated carbocycles. The maximum absolute atomic E-state index is 12.2. The first-order valence-electron chi connectivity index (χ1n) is 4.85. The van der Waals surface area contributed by atoms with E-state index >= 15 is 0 Å². The van der Waals surface area contributed by atoms with E-state index in [1.54, 1.807) is 35.6 Å². The summed E-state index contributed by atoms with van der Waals surface area (Å²) in [6, 6.07) is 4.21. The number of esters is 1. The summed E-state index contributed by atoms with van der Waals surface area (Å²) >= 11 is 1.76. The third-order valence-electron chi connectivity index (χ3n) is 1.89. The number of nitrogens with zero attached hydrogens (tertiary/aromatic N) is 1. The highest BCUT2D eigenvalue weighted by Crippen LogP contribution is 2.27. The number of halogens is 3. The van der Waals surface area contributed by atoms with Gasteiger partial charge < -0.3 is 9.47 Å². The van der Waals surface area contributed by atoms with Crippen molar-refractivity contribution in [2.75, 3.05) is 6.61 Å². The Kier molecular flexibility index (Phi) is 5.27. The second-order valence-corrected chi connectivity index (χ2v) is 4.20. The number of carbonyl (C=O) groups is 1. The molecule has 0 aliphatic rings. The van der Waals surface area contributed by atoms with Crippen molar-refractivity contribution in [1.82, 2.24) is 0 Å². The first-order valence-corrected chi connectivity index (χ1v) is 5.93. The molecule has 1 aromatic rings. The number of carbonyl (C=O) groups excluding carboxylic acids is 1. The van der Waals surface area contributed by atoms with Crippen molar-refractivity contribution >= 4 is 28.6 Å². The normalized spacial score (nSPS) is 10.0. The van der Waals surface area contributed by atoms with Crippen molar-refractivity contribution in [3.63, 3.8) is 0 Å². The summed E-state index contributed by atoms with van der Waals surface area (Å²) in [5, 5.41) is 8.85. The summed E-state index contributed by atoms with van der Waals surface area (Å²) in [5.74, 6) is -0.985. The van der Waals surface area contributed by atoms with Crippen molar-refractivity contribution in [3.8, 4) is 11.8 Å². The van der Waals surface area contributed by atoms with Crippen LogP contribution in [0.2, 0.25) is 0 Å². The minimum atomic E-state index is -3.06. The fourth-order valence-electron chi connectivity index (χ4n) is 1.21. The van der Waals surface area contributed by atoms with E-state index in [2.05, 4.69) is 4.74 Å². The topological polar surface area (TPSA) is 59.3 Å². The van der Waals surface area contributed by atoms with Gasteiger partial charge in [-0.05, 0) is 41.6 Å². The summed E-state index contributed by atoms with van der Waals surface area (Å²) in [4.78, 5) is 11.5. The van der Waals surface area contributed by atoms with Gasteiger partial charge in [0.1, 0.15) is 17.4 Å². The Labute approximate surface area is 116 Å². The molecule has 0 aliphatic heterocycles. The molecule has 0 heterocycles. The van der Waals surface area contributed by atoms with E-state index in [1.165, 1.54) is 6.07 Å². The highest BCUT2D eigenvalue weighted by Gasteiger charge is 2.17. The fourth-order valence-corrected chi connectivity index (χ4v) is 1.93. The van der Waals surface area contributed by atoms with E-state index in [-0.39, 0.29) is 23.5 Å². The Morgan fingerprint density at radius 3 is 2.72 bits per heavy atom. The lowest BCUT2D eigenvalue weighted by Crippen LogP contribution is -2.09. The van der Waals surface area contributed by atoms with Gasteiger partial charge in [0.05, 0.1) is 12.2 Å². The summed E-state index contributed by atoms with van der Waals surface area (Å²) in [5.41, 5.74) is 0.0276. The van der Waals surface area contributed by atoms with Crippen molar-refractivity contribution in [1.29, 1.82) is 5.26 Å². The Morgan fingerprint density at radius 1 is 1.56 bits per heavy atom. The average Bonchev–Trinajstić information content (AvgIpc) is 2.28. The molecule has 0 unspecified atom stereocenters. The van der Waals surface area contributed by atoms with Crippen molar-refractivity contribution in [2.45, 2.75) is 13.5 Å². The van der Waals surface area contributed by atoms with Gasteiger partial charge in [-0.2, -0.15) is 14.0 Å². The van der Waals surface area contributed by atoms with Crippen molar-refractivity contribution < 1.29 is 23.0 Å². The van der Waals surface area contributed by atoms with E-state index < -0.39 is 12.6 Å². The van der Waals surface area contributed by atoms with Gasteiger partial charge in [-0.15, -0.1) is 0 Å². The standard InChI is InChI=1S/C11H8F2INO3/c1-2-17-10(16)6-3-8(14)7(5-15)9(4-6)18-11(12)13/h3-4,11H,2H2,1H3. The molecule has 0 aromatic heterocycles. The highest BCUT2D eigenvalue weighted by molar-refractivity contribution is 14.1. The van der Waals surface area contributed by atoms with Crippen LogP contribution in [0.4, 0.5) is 8.78 Å². The molecule has 0 bridgehead atoms. The molecule has 1 rings (SSSR count). The Bertz CT molecular complexity index is 500. The first kappa shape index (κ1) is 14.6. The second-order valence-electron chi connectivity index (χ2n) is 3.04. The van der Waals surface area contributed by atoms with Gasteiger partial charge in [0.25, 0.3) is 0 Å². The quantitative estimate of drug-likeness (QED) is 0.607. The van der Waals surface area contributed by atoms with Crippen LogP contribution in [-0.2, 0) is 4.74 Å². The van der Waals surface area contributed by atoms with Crippen LogP contribution in [0.1, 0.15) is 22.8 Å². The van der Waals surface area contributed by atoms with Crippen LogP contribution in [0.5, 0.6) is 5.75 Å². The molecule has 0 amide bonds. The monoisotopic (exact) mass is 367 g/mol. The lowest BCUT2D eigenvalue weighted by atomic mass is 10.1. The fraction of sp³-hybridized carbons (Fsp3) is 0.273. The van der Waals surface area contributed by atoms with Gasteiger partial charge in [0, 0.05) is 3.57 Å². The lowest BCUT2D eigenvalue weighted by Gasteiger charge is -2.10. The first-order chi connectivity index (χ1) is 8.49. The number of hydrogen-bond donors (Lipinski definition) is 0. The summed E-state index contributed by atoms with van der Waals surface area (Å²) in [6.07, 6.45) is 0. The SMILES string of the molecule is CCOC(=O)c1cc(I)c(C#N)c(OC(F)F)c1. The van der Waals surface area contributed by atoms with Crippen molar-refractivity contribution in [3.05, 3.63) is 26.8 Å². The minimum Gasteiger partial charge on any atom is -0.462 e. The van der Waals surface area contributed by atoms with E-state index in [1.807, 2.05) is 0 Å². The molecular weight excluding hydrogens is 359 g/mol. The number of benzene rings is 1. The summed E-state index contributed by atoms with van der Waals surface area (Å²) in [7, 11) is 0. The molecule has 4 nitrogen and oxygen atoms in total. The van der Waals surface area contributed by atoms with Gasteiger partial charge in [-0.25, -0.2) is 4.79 Å². The average molecular weight is 367 g/mol.